The van der Waals surface area contributed by atoms with Crippen LogP contribution in [0.4, 0.5) is 11.5 Å². The van der Waals surface area contributed by atoms with Gasteiger partial charge in [-0.15, -0.1) is 0 Å². The van der Waals surface area contributed by atoms with E-state index in [9.17, 15) is 9.59 Å². The van der Waals surface area contributed by atoms with Crippen LogP contribution in [0.5, 0.6) is 0 Å². The number of hydrogen-bond acceptors (Lipinski definition) is 5. The van der Waals surface area contributed by atoms with Crippen LogP contribution in [0.2, 0.25) is 5.02 Å². The Balaban J connectivity index is 1.78. The smallest absolute Gasteiger partial charge is 0.258 e. The van der Waals surface area contributed by atoms with E-state index < -0.39 is 11.8 Å². The first-order valence-corrected chi connectivity index (χ1v) is 8.49. The van der Waals surface area contributed by atoms with Crippen LogP contribution in [0.15, 0.2) is 41.2 Å². The summed E-state index contributed by atoms with van der Waals surface area (Å²) in [4.78, 5) is 28.9. The quantitative estimate of drug-likeness (QED) is 0.704. The number of aryl methyl sites for hydroxylation is 3. The van der Waals surface area contributed by atoms with E-state index >= 15 is 0 Å². The fourth-order valence-electron chi connectivity index (χ4n) is 2.56. The maximum Gasteiger partial charge on any atom is 0.258 e. The highest BCUT2D eigenvalue weighted by molar-refractivity contribution is 6.34. The van der Waals surface area contributed by atoms with E-state index in [2.05, 4.69) is 20.8 Å². The van der Waals surface area contributed by atoms with E-state index in [4.69, 9.17) is 16.1 Å². The highest BCUT2D eigenvalue weighted by Crippen LogP contribution is 2.27. The molecule has 0 bridgehead atoms. The molecule has 0 spiro atoms. The third-order valence-corrected chi connectivity index (χ3v) is 4.10. The highest BCUT2D eigenvalue weighted by Gasteiger charge is 2.15. The summed E-state index contributed by atoms with van der Waals surface area (Å²) in [7, 11) is 0. The van der Waals surface area contributed by atoms with Gasteiger partial charge in [0.1, 0.15) is 5.76 Å². The number of amides is 2. The number of halogens is 1. The van der Waals surface area contributed by atoms with Gasteiger partial charge < -0.3 is 15.2 Å². The molecule has 0 aliphatic rings. The van der Waals surface area contributed by atoms with Crippen LogP contribution in [-0.4, -0.2) is 22.0 Å². The monoisotopic (exact) mass is 384 g/mol. The van der Waals surface area contributed by atoms with Crippen LogP contribution in [-0.2, 0) is 0 Å². The number of rotatable bonds is 4. The van der Waals surface area contributed by atoms with E-state index in [1.807, 2.05) is 19.9 Å². The minimum atomic E-state index is -0.449. The van der Waals surface area contributed by atoms with Crippen molar-refractivity contribution in [2.24, 2.45) is 0 Å². The van der Waals surface area contributed by atoms with E-state index in [0.29, 0.717) is 16.5 Å². The van der Waals surface area contributed by atoms with Gasteiger partial charge in [-0.3, -0.25) is 14.6 Å². The topological polar surface area (TPSA) is 97.1 Å². The molecule has 2 aromatic heterocycles. The van der Waals surface area contributed by atoms with E-state index in [0.717, 1.165) is 11.1 Å². The van der Waals surface area contributed by atoms with Gasteiger partial charge in [0.2, 0.25) is 0 Å². The van der Waals surface area contributed by atoms with E-state index in [-0.39, 0.29) is 16.9 Å². The minimum Gasteiger partial charge on any atom is -0.360 e. The molecule has 0 radical (unpaired) electrons. The van der Waals surface area contributed by atoms with E-state index in [1.54, 1.807) is 19.1 Å². The van der Waals surface area contributed by atoms with Gasteiger partial charge in [0.05, 0.1) is 21.8 Å². The van der Waals surface area contributed by atoms with Crippen molar-refractivity contribution in [2.75, 3.05) is 10.6 Å². The summed E-state index contributed by atoms with van der Waals surface area (Å²) in [6.45, 7) is 5.50. The molecule has 138 valence electrons. The first-order valence-electron chi connectivity index (χ1n) is 8.11. The van der Waals surface area contributed by atoms with Crippen molar-refractivity contribution in [1.82, 2.24) is 10.1 Å². The summed E-state index contributed by atoms with van der Waals surface area (Å²) in [5.41, 5.74) is 2.82. The second kappa shape index (κ2) is 7.59. The molecule has 0 saturated heterocycles. The molecule has 8 heteroatoms. The number of pyridine rings is 1. The molecule has 0 aliphatic heterocycles. The Morgan fingerprint density at radius 3 is 2.22 bits per heavy atom. The Hall–Kier alpha value is -3.19. The molecular formula is C19H17ClN4O3. The van der Waals surface area contributed by atoms with Crippen molar-refractivity contribution in [1.29, 1.82) is 0 Å². The molecule has 3 aromatic rings. The SMILES string of the molecule is Cc1cc(C)c(NC(=O)c2cncc(C(=O)Nc3cc(C)on3)c2)c(Cl)c1. The standard InChI is InChI=1S/C19H17ClN4O3/c1-10-4-11(2)17(15(20)5-10)23-19(26)14-7-13(8-21-9-14)18(25)22-16-6-12(3)27-24-16/h4-9H,1-3H3,(H,23,26)(H,22,24,25). The average Bonchev–Trinajstić information content (AvgIpc) is 3.02. The Morgan fingerprint density at radius 2 is 1.63 bits per heavy atom. The fourth-order valence-corrected chi connectivity index (χ4v) is 2.93. The number of nitrogens with zero attached hydrogens (tertiary/aromatic N) is 2. The third kappa shape index (κ3) is 4.32. The van der Waals surface area contributed by atoms with Crippen molar-refractivity contribution in [3.8, 4) is 0 Å². The van der Waals surface area contributed by atoms with Crippen molar-refractivity contribution >= 4 is 34.9 Å². The maximum atomic E-state index is 12.6. The Labute approximate surface area is 160 Å². The van der Waals surface area contributed by atoms with Gasteiger partial charge in [-0.1, -0.05) is 22.8 Å². The molecule has 7 nitrogen and oxygen atoms in total. The molecule has 2 heterocycles. The summed E-state index contributed by atoms with van der Waals surface area (Å²) < 4.78 is 4.90. The zero-order valence-corrected chi connectivity index (χ0v) is 15.7. The van der Waals surface area contributed by atoms with Crippen LogP contribution in [0, 0.1) is 20.8 Å². The second-order valence-electron chi connectivity index (χ2n) is 6.13. The van der Waals surface area contributed by atoms with Crippen LogP contribution < -0.4 is 10.6 Å². The number of carbonyl (C=O) groups is 2. The first kappa shape index (κ1) is 18.6. The molecule has 3 rings (SSSR count). The minimum absolute atomic E-state index is 0.218. The van der Waals surface area contributed by atoms with Crippen LogP contribution in [0.1, 0.15) is 37.6 Å². The zero-order chi connectivity index (χ0) is 19.6. The average molecular weight is 385 g/mol. The summed E-state index contributed by atoms with van der Waals surface area (Å²) in [6, 6.07) is 6.72. The predicted molar refractivity (Wildman–Crippen MR) is 102 cm³/mol. The summed E-state index contributed by atoms with van der Waals surface area (Å²) >= 11 is 6.23. The molecule has 0 aliphatic carbocycles. The molecule has 1 aromatic carbocycles. The zero-order valence-electron chi connectivity index (χ0n) is 15.0. The van der Waals surface area contributed by atoms with Gasteiger partial charge in [-0.2, -0.15) is 0 Å². The number of benzene rings is 1. The van der Waals surface area contributed by atoms with Gasteiger partial charge >= 0.3 is 0 Å². The van der Waals surface area contributed by atoms with Gasteiger partial charge in [0.15, 0.2) is 5.82 Å². The van der Waals surface area contributed by atoms with Crippen molar-refractivity contribution in [3.63, 3.8) is 0 Å². The molecule has 27 heavy (non-hydrogen) atoms. The van der Waals surface area contributed by atoms with Gasteiger partial charge in [0.25, 0.3) is 11.8 Å². The normalized spacial score (nSPS) is 10.5. The van der Waals surface area contributed by atoms with Crippen LogP contribution >= 0.6 is 11.6 Å². The molecular weight excluding hydrogens is 368 g/mol. The third-order valence-electron chi connectivity index (χ3n) is 3.80. The fraction of sp³-hybridized carbons (Fsp3) is 0.158. The number of nitrogens with one attached hydrogen (secondary N) is 2. The van der Waals surface area contributed by atoms with Gasteiger partial charge in [-0.25, -0.2) is 0 Å². The van der Waals surface area contributed by atoms with Gasteiger partial charge in [0, 0.05) is 18.5 Å². The number of carbonyl (C=O) groups excluding carboxylic acids is 2. The van der Waals surface area contributed by atoms with Gasteiger partial charge in [-0.05, 0) is 44.0 Å². The van der Waals surface area contributed by atoms with Crippen molar-refractivity contribution < 1.29 is 14.1 Å². The Morgan fingerprint density at radius 1 is 0.963 bits per heavy atom. The predicted octanol–water partition coefficient (Wildman–Crippen LogP) is 4.15. The largest absolute Gasteiger partial charge is 0.360 e. The van der Waals surface area contributed by atoms with E-state index in [1.165, 1.54) is 18.5 Å². The van der Waals surface area contributed by atoms with Crippen LogP contribution in [0.3, 0.4) is 0 Å². The lowest BCUT2D eigenvalue weighted by Gasteiger charge is -2.12. The molecule has 0 unspecified atom stereocenters. The summed E-state index contributed by atoms with van der Waals surface area (Å²) in [5, 5.41) is 9.50. The van der Waals surface area contributed by atoms with Crippen molar-refractivity contribution in [2.45, 2.75) is 20.8 Å². The lowest BCUT2D eigenvalue weighted by molar-refractivity contribution is 0.102. The Bertz CT molecular complexity index is 1010. The maximum absolute atomic E-state index is 12.6. The lowest BCUT2D eigenvalue weighted by atomic mass is 10.1. The van der Waals surface area contributed by atoms with Crippen LogP contribution in [0.25, 0.3) is 0 Å². The lowest BCUT2D eigenvalue weighted by Crippen LogP contribution is -2.17. The molecule has 0 saturated carbocycles. The number of hydrogen-bond donors (Lipinski definition) is 2. The molecule has 0 atom stereocenters. The first-order chi connectivity index (χ1) is 12.8. The van der Waals surface area contributed by atoms with Crippen molar-refractivity contribution in [3.05, 3.63) is 69.7 Å². The molecule has 0 fully saturated rings. The molecule has 2 N–H and O–H groups in total. The number of aromatic nitrogens is 2. The Kier molecular flexibility index (Phi) is 5.23. The second-order valence-corrected chi connectivity index (χ2v) is 6.54. The summed E-state index contributed by atoms with van der Waals surface area (Å²) in [6.07, 6.45) is 2.74. The molecule has 2 amide bonds. The number of anilines is 2. The highest BCUT2D eigenvalue weighted by atomic mass is 35.5. The summed E-state index contributed by atoms with van der Waals surface area (Å²) in [5.74, 6) is -0.00500.